The topological polar surface area (TPSA) is 77.4 Å². The van der Waals surface area contributed by atoms with Crippen molar-refractivity contribution in [1.29, 1.82) is 0 Å². The first kappa shape index (κ1) is 19.1. The second-order valence-corrected chi connectivity index (χ2v) is 8.30. The largest absolute Gasteiger partial charge is 0.383 e. The minimum absolute atomic E-state index is 0.0267. The molecule has 0 fully saturated rings. The number of rotatable bonds is 7. The van der Waals surface area contributed by atoms with Gasteiger partial charge in [-0.3, -0.25) is 4.79 Å². The van der Waals surface area contributed by atoms with Crippen LogP contribution in [0.3, 0.4) is 0 Å². The molecule has 3 aromatic rings. The van der Waals surface area contributed by atoms with Crippen LogP contribution in [-0.2, 0) is 25.9 Å². The van der Waals surface area contributed by atoms with Gasteiger partial charge in [0.05, 0.1) is 16.4 Å². The molecule has 3 rings (SSSR count). The molecule has 27 heavy (non-hydrogen) atoms. The summed E-state index contributed by atoms with van der Waals surface area (Å²) in [6.45, 7) is 2.28. The molecule has 1 atom stereocenters. The van der Waals surface area contributed by atoms with E-state index in [1.807, 2.05) is 19.1 Å². The number of aromatic nitrogens is 1. The van der Waals surface area contributed by atoms with Gasteiger partial charge >= 0.3 is 0 Å². The number of hydrogen-bond acceptors (Lipinski definition) is 4. The van der Waals surface area contributed by atoms with Gasteiger partial charge in [-0.25, -0.2) is 8.42 Å². The molecular formula is C20H22N2O4S. The number of carbonyl (C=O) groups is 1. The number of fused-ring (bicyclic) bond motifs is 1. The molecule has 1 unspecified atom stereocenters. The van der Waals surface area contributed by atoms with E-state index < -0.39 is 9.84 Å². The fourth-order valence-corrected chi connectivity index (χ4v) is 4.55. The van der Waals surface area contributed by atoms with Crippen LogP contribution in [0.2, 0.25) is 0 Å². The Morgan fingerprint density at radius 2 is 1.78 bits per heavy atom. The Morgan fingerprint density at radius 1 is 1.11 bits per heavy atom. The predicted molar refractivity (Wildman–Crippen MR) is 103 cm³/mol. The SMILES string of the molecule is COCC(C)NC(=O)Cn1cc(S(=O)(=O)c2ccccc2)c2ccccc21. The number of amides is 1. The molecule has 2 aromatic carbocycles. The van der Waals surface area contributed by atoms with Crippen molar-refractivity contribution >= 4 is 26.6 Å². The number of para-hydroxylation sites is 1. The Hall–Kier alpha value is -2.64. The molecule has 0 saturated heterocycles. The zero-order valence-electron chi connectivity index (χ0n) is 15.3. The molecule has 142 valence electrons. The van der Waals surface area contributed by atoms with Crippen LogP contribution in [0.4, 0.5) is 0 Å². The van der Waals surface area contributed by atoms with E-state index in [9.17, 15) is 13.2 Å². The third-order valence-electron chi connectivity index (χ3n) is 4.23. The lowest BCUT2D eigenvalue weighted by atomic mass is 10.2. The first-order chi connectivity index (χ1) is 12.9. The van der Waals surface area contributed by atoms with Crippen molar-refractivity contribution in [3.8, 4) is 0 Å². The third-order valence-corrected chi connectivity index (χ3v) is 6.03. The Morgan fingerprint density at radius 3 is 2.48 bits per heavy atom. The molecule has 0 aliphatic carbocycles. The minimum atomic E-state index is -3.68. The fraction of sp³-hybridized carbons (Fsp3) is 0.250. The number of benzene rings is 2. The monoisotopic (exact) mass is 386 g/mol. The van der Waals surface area contributed by atoms with Crippen molar-refractivity contribution in [3.05, 3.63) is 60.8 Å². The summed E-state index contributed by atoms with van der Waals surface area (Å²) in [5.74, 6) is -0.205. The molecule has 7 heteroatoms. The van der Waals surface area contributed by atoms with Gasteiger partial charge in [-0.1, -0.05) is 36.4 Å². The number of sulfone groups is 1. The van der Waals surface area contributed by atoms with Crippen LogP contribution in [0.25, 0.3) is 10.9 Å². The Kier molecular flexibility index (Phi) is 5.62. The summed E-state index contributed by atoms with van der Waals surface area (Å²) in [7, 11) is -2.11. The highest BCUT2D eigenvalue weighted by molar-refractivity contribution is 7.91. The number of ether oxygens (including phenoxy) is 1. The van der Waals surface area contributed by atoms with Gasteiger partial charge in [-0.05, 0) is 25.1 Å². The van der Waals surface area contributed by atoms with Gasteiger partial charge in [-0.2, -0.15) is 0 Å². The number of hydrogen-bond donors (Lipinski definition) is 1. The summed E-state index contributed by atoms with van der Waals surface area (Å²) in [6, 6.07) is 15.3. The van der Waals surface area contributed by atoms with E-state index in [1.54, 1.807) is 54.1 Å². The molecule has 1 amide bonds. The van der Waals surface area contributed by atoms with Crippen LogP contribution in [-0.4, -0.2) is 38.7 Å². The molecule has 6 nitrogen and oxygen atoms in total. The van der Waals surface area contributed by atoms with Crippen molar-refractivity contribution in [2.75, 3.05) is 13.7 Å². The van der Waals surface area contributed by atoms with Gasteiger partial charge in [0.1, 0.15) is 6.54 Å². The second-order valence-electron chi connectivity index (χ2n) is 6.38. The first-order valence-electron chi connectivity index (χ1n) is 8.60. The summed E-state index contributed by atoms with van der Waals surface area (Å²) in [5.41, 5.74) is 0.696. The van der Waals surface area contributed by atoms with Crippen LogP contribution in [0.5, 0.6) is 0 Å². The van der Waals surface area contributed by atoms with Crippen LogP contribution in [0, 0.1) is 0 Å². The van der Waals surface area contributed by atoms with Gasteiger partial charge in [0.15, 0.2) is 0 Å². The summed E-state index contributed by atoms with van der Waals surface area (Å²) in [4.78, 5) is 12.8. The van der Waals surface area contributed by atoms with E-state index in [4.69, 9.17) is 4.74 Å². The molecule has 1 aromatic heterocycles. The number of nitrogens with zero attached hydrogens (tertiary/aromatic N) is 1. The maximum Gasteiger partial charge on any atom is 0.240 e. The molecule has 0 aliphatic rings. The third kappa shape index (κ3) is 4.04. The van der Waals surface area contributed by atoms with Crippen LogP contribution >= 0.6 is 0 Å². The number of methoxy groups -OCH3 is 1. The van der Waals surface area contributed by atoms with E-state index in [0.717, 1.165) is 0 Å². The summed E-state index contributed by atoms with van der Waals surface area (Å²) >= 11 is 0. The maximum atomic E-state index is 13.1. The van der Waals surface area contributed by atoms with Crippen LogP contribution in [0.1, 0.15) is 6.92 Å². The average Bonchev–Trinajstić information content (AvgIpc) is 3.02. The second kappa shape index (κ2) is 7.94. The Labute approximate surface area is 158 Å². The molecular weight excluding hydrogens is 364 g/mol. The average molecular weight is 386 g/mol. The highest BCUT2D eigenvalue weighted by Crippen LogP contribution is 2.30. The standard InChI is InChI=1S/C20H22N2O4S/c1-15(14-26-2)21-20(23)13-22-12-19(17-10-6-7-11-18(17)22)27(24,25)16-8-4-3-5-9-16/h3-12,15H,13-14H2,1-2H3,(H,21,23). The molecule has 0 aliphatic heterocycles. The fourth-order valence-electron chi connectivity index (χ4n) is 3.05. The Balaban J connectivity index is 1.99. The maximum absolute atomic E-state index is 13.1. The summed E-state index contributed by atoms with van der Waals surface area (Å²) in [6.07, 6.45) is 1.54. The summed E-state index contributed by atoms with van der Waals surface area (Å²) in [5, 5.41) is 3.44. The van der Waals surface area contributed by atoms with E-state index in [0.29, 0.717) is 17.5 Å². The number of carbonyl (C=O) groups excluding carboxylic acids is 1. The minimum Gasteiger partial charge on any atom is -0.383 e. The van der Waals surface area contributed by atoms with Gasteiger partial charge in [0, 0.05) is 30.3 Å². The van der Waals surface area contributed by atoms with Crippen molar-refractivity contribution < 1.29 is 17.9 Å². The molecule has 0 saturated carbocycles. The Bertz CT molecular complexity index is 1040. The molecule has 0 bridgehead atoms. The van der Waals surface area contributed by atoms with Gasteiger partial charge in [-0.15, -0.1) is 0 Å². The van der Waals surface area contributed by atoms with E-state index >= 15 is 0 Å². The van der Waals surface area contributed by atoms with Gasteiger partial charge in [0.2, 0.25) is 15.7 Å². The molecule has 0 radical (unpaired) electrons. The summed E-state index contributed by atoms with van der Waals surface area (Å²) < 4.78 is 32.8. The zero-order chi connectivity index (χ0) is 19.4. The van der Waals surface area contributed by atoms with E-state index in [2.05, 4.69) is 5.32 Å². The predicted octanol–water partition coefficient (Wildman–Crippen LogP) is 2.63. The zero-order valence-corrected chi connectivity index (χ0v) is 16.1. The number of nitrogens with one attached hydrogen (secondary N) is 1. The lowest BCUT2D eigenvalue weighted by Gasteiger charge is -2.13. The highest BCUT2D eigenvalue weighted by Gasteiger charge is 2.23. The van der Waals surface area contributed by atoms with E-state index in [1.165, 1.54) is 6.20 Å². The van der Waals surface area contributed by atoms with Crippen LogP contribution in [0.15, 0.2) is 70.6 Å². The van der Waals surface area contributed by atoms with Crippen molar-refractivity contribution in [3.63, 3.8) is 0 Å². The van der Waals surface area contributed by atoms with E-state index in [-0.39, 0.29) is 28.3 Å². The first-order valence-corrected chi connectivity index (χ1v) is 10.1. The van der Waals surface area contributed by atoms with Crippen molar-refractivity contribution in [2.45, 2.75) is 29.3 Å². The van der Waals surface area contributed by atoms with Crippen LogP contribution < -0.4 is 5.32 Å². The van der Waals surface area contributed by atoms with Crippen molar-refractivity contribution in [2.24, 2.45) is 0 Å². The lowest BCUT2D eigenvalue weighted by Crippen LogP contribution is -2.37. The smallest absolute Gasteiger partial charge is 0.240 e. The van der Waals surface area contributed by atoms with Crippen molar-refractivity contribution in [1.82, 2.24) is 9.88 Å². The molecule has 0 spiro atoms. The highest BCUT2D eigenvalue weighted by atomic mass is 32.2. The van der Waals surface area contributed by atoms with Gasteiger partial charge < -0.3 is 14.6 Å². The lowest BCUT2D eigenvalue weighted by molar-refractivity contribution is -0.122. The molecule has 1 heterocycles. The molecule has 1 N–H and O–H groups in total. The van der Waals surface area contributed by atoms with Gasteiger partial charge in [0.25, 0.3) is 0 Å². The normalized spacial score (nSPS) is 12.8. The quantitative estimate of drug-likeness (QED) is 0.677.